The SMILES string of the molecule is CCCCCn1c(Br)nc2c(N)nc(NCCc3ccccc3)nc21. The molecule has 0 saturated heterocycles. The summed E-state index contributed by atoms with van der Waals surface area (Å²) in [5, 5.41) is 3.27. The lowest BCUT2D eigenvalue weighted by molar-refractivity contribution is 0.602. The van der Waals surface area contributed by atoms with Crippen molar-refractivity contribution >= 4 is 38.9 Å². The number of rotatable bonds is 8. The van der Waals surface area contributed by atoms with Crippen molar-refractivity contribution in [2.75, 3.05) is 17.6 Å². The van der Waals surface area contributed by atoms with E-state index in [0.29, 0.717) is 17.3 Å². The second-order valence-corrected chi connectivity index (χ2v) is 6.72. The zero-order valence-corrected chi connectivity index (χ0v) is 16.0. The molecule has 0 aliphatic rings. The molecule has 2 heterocycles. The number of halogens is 1. The number of aromatic nitrogens is 4. The first-order chi connectivity index (χ1) is 12.2. The molecule has 3 rings (SSSR count). The van der Waals surface area contributed by atoms with Gasteiger partial charge in [-0.25, -0.2) is 4.98 Å². The molecule has 0 atom stereocenters. The fourth-order valence-electron chi connectivity index (χ4n) is 2.76. The van der Waals surface area contributed by atoms with E-state index in [9.17, 15) is 0 Å². The molecule has 25 heavy (non-hydrogen) atoms. The molecule has 0 radical (unpaired) electrons. The molecular weight excluding hydrogens is 380 g/mol. The van der Waals surface area contributed by atoms with E-state index in [1.165, 1.54) is 18.4 Å². The molecule has 6 nitrogen and oxygen atoms in total. The molecule has 0 bridgehead atoms. The minimum Gasteiger partial charge on any atom is -0.382 e. The van der Waals surface area contributed by atoms with E-state index in [2.05, 4.69) is 59.8 Å². The third kappa shape index (κ3) is 4.28. The van der Waals surface area contributed by atoms with Gasteiger partial charge in [-0.15, -0.1) is 0 Å². The van der Waals surface area contributed by atoms with E-state index in [-0.39, 0.29) is 0 Å². The molecule has 2 aromatic heterocycles. The maximum absolute atomic E-state index is 6.09. The van der Waals surface area contributed by atoms with Crippen LogP contribution >= 0.6 is 15.9 Å². The minimum absolute atomic E-state index is 0.405. The predicted molar refractivity (Wildman–Crippen MR) is 106 cm³/mol. The van der Waals surface area contributed by atoms with E-state index >= 15 is 0 Å². The minimum atomic E-state index is 0.405. The number of benzene rings is 1. The number of aryl methyl sites for hydroxylation is 1. The predicted octanol–water partition coefficient (Wildman–Crippen LogP) is 4.02. The second kappa shape index (κ2) is 8.29. The second-order valence-electron chi connectivity index (χ2n) is 6.01. The normalized spacial score (nSPS) is 11.1. The molecule has 0 aliphatic carbocycles. The number of nitrogens with two attached hydrogens (primary N) is 1. The topological polar surface area (TPSA) is 81.7 Å². The standard InChI is InChI=1S/C18H23BrN6/c1-2-3-7-12-25-16-14(22-17(25)19)15(20)23-18(24-16)21-11-10-13-8-5-4-6-9-13/h4-6,8-9H,2-3,7,10-12H2,1H3,(H3,20,21,23,24). The molecule has 3 N–H and O–H groups in total. The molecular formula is C18H23BrN6. The molecule has 3 aromatic rings. The number of unbranched alkanes of at least 4 members (excludes halogenated alkanes) is 2. The smallest absolute Gasteiger partial charge is 0.226 e. The van der Waals surface area contributed by atoms with Crippen LogP contribution in [0.5, 0.6) is 0 Å². The highest BCUT2D eigenvalue weighted by Gasteiger charge is 2.15. The van der Waals surface area contributed by atoms with Crippen molar-refractivity contribution in [2.24, 2.45) is 0 Å². The Morgan fingerprint density at radius 1 is 1.12 bits per heavy atom. The van der Waals surface area contributed by atoms with Crippen molar-refractivity contribution in [3.63, 3.8) is 0 Å². The molecule has 1 aromatic carbocycles. The van der Waals surface area contributed by atoms with Crippen LogP contribution in [-0.4, -0.2) is 26.1 Å². The van der Waals surface area contributed by atoms with E-state index < -0.39 is 0 Å². The maximum Gasteiger partial charge on any atom is 0.226 e. The Bertz CT molecular complexity index is 830. The Morgan fingerprint density at radius 3 is 2.68 bits per heavy atom. The van der Waals surface area contributed by atoms with Crippen LogP contribution in [0.25, 0.3) is 11.2 Å². The first-order valence-corrected chi connectivity index (χ1v) is 9.45. The van der Waals surface area contributed by atoms with Crippen LogP contribution in [0.1, 0.15) is 31.7 Å². The lowest BCUT2D eigenvalue weighted by atomic mass is 10.1. The van der Waals surface area contributed by atoms with Crippen molar-refractivity contribution in [3.8, 4) is 0 Å². The molecule has 132 valence electrons. The Morgan fingerprint density at radius 2 is 1.92 bits per heavy atom. The molecule has 0 saturated carbocycles. The van der Waals surface area contributed by atoms with Crippen LogP contribution in [0.3, 0.4) is 0 Å². The van der Waals surface area contributed by atoms with Gasteiger partial charge in [0, 0.05) is 13.1 Å². The average molecular weight is 403 g/mol. The van der Waals surface area contributed by atoms with Gasteiger partial charge in [0.15, 0.2) is 21.7 Å². The monoisotopic (exact) mass is 402 g/mol. The average Bonchev–Trinajstić information content (AvgIpc) is 2.93. The highest BCUT2D eigenvalue weighted by Crippen LogP contribution is 2.24. The van der Waals surface area contributed by atoms with Gasteiger partial charge in [0.05, 0.1) is 0 Å². The van der Waals surface area contributed by atoms with Crippen LogP contribution < -0.4 is 11.1 Å². The number of nitrogens with zero attached hydrogens (tertiary/aromatic N) is 4. The molecule has 0 spiro atoms. The van der Waals surface area contributed by atoms with Gasteiger partial charge in [-0.2, -0.15) is 9.97 Å². The first-order valence-electron chi connectivity index (χ1n) is 8.66. The Balaban J connectivity index is 1.76. The molecule has 0 unspecified atom stereocenters. The fourth-order valence-corrected chi connectivity index (χ4v) is 3.28. The first kappa shape index (κ1) is 17.7. The fraction of sp³-hybridized carbons (Fsp3) is 0.389. The van der Waals surface area contributed by atoms with E-state index in [4.69, 9.17) is 5.73 Å². The number of nitrogens with one attached hydrogen (secondary N) is 1. The van der Waals surface area contributed by atoms with Crippen molar-refractivity contribution in [3.05, 3.63) is 40.6 Å². The molecule has 0 amide bonds. The summed E-state index contributed by atoms with van der Waals surface area (Å²) in [5.41, 5.74) is 8.79. The number of nitrogen functional groups attached to an aromatic ring is 1. The molecule has 7 heteroatoms. The quantitative estimate of drug-likeness (QED) is 0.439. The van der Waals surface area contributed by atoms with Crippen LogP contribution in [0, 0.1) is 0 Å². The van der Waals surface area contributed by atoms with E-state index in [1.54, 1.807) is 0 Å². The number of hydrogen-bond acceptors (Lipinski definition) is 5. The summed E-state index contributed by atoms with van der Waals surface area (Å²) in [5.74, 6) is 0.951. The summed E-state index contributed by atoms with van der Waals surface area (Å²) in [6.45, 7) is 3.81. The highest BCUT2D eigenvalue weighted by atomic mass is 79.9. The lowest BCUT2D eigenvalue weighted by Crippen LogP contribution is -2.10. The summed E-state index contributed by atoms with van der Waals surface area (Å²) < 4.78 is 2.81. The highest BCUT2D eigenvalue weighted by molar-refractivity contribution is 9.10. The van der Waals surface area contributed by atoms with Gasteiger partial charge < -0.3 is 15.6 Å². The van der Waals surface area contributed by atoms with Gasteiger partial charge in [0.2, 0.25) is 5.95 Å². The summed E-state index contributed by atoms with van der Waals surface area (Å²) in [7, 11) is 0. The van der Waals surface area contributed by atoms with Crippen molar-refractivity contribution in [2.45, 2.75) is 39.2 Å². The van der Waals surface area contributed by atoms with Crippen LogP contribution in [0.15, 0.2) is 35.1 Å². The lowest BCUT2D eigenvalue weighted by Gasteiger charge is -2.08. The van der Waals surface area contributed by atoms with Gasteiger partial charge in [0.25, 0.3) is 0 Å². The third-order valence-corrected chi connectivity index (χ3v) is 4.71. The van der Waals surface area contributed by atoms with Crippen molar-refractivity contribution in [1.82, 2.24) is 19.5 Å². The van der Waals surface area contributed by atoms with Gasteiger partial charge in [-0.1, -0.05) is 50.1 Å². The van der Waals surface area contributed by atoms with E-state index in [1.807, 2.05) is 18.2 Å². The largest absolute Gasteiger partial charge is 0.382 e. The summed E-state index contributed by atoms with van der Waals surface area (Å²) in [4.78, 5) is 13.4. The van der Waals surface area contributed by atoms with E-state index in [0.717, 1.165) is 36.3 Å². The Hall–Kier alpha value is -2.15. The van der Waals surface area contributed by atoms with Gasteiger partial charge >= 0.3 is 0 Å². The number of anilines is 2. The summed E-state index contributed by atoms with van der Waals surface area (Å²) >= 11 is 3.51. The number of imidazole rings is 1. The van der Waals surface area contributed by atoms with Crippen LogP contribution in [0.2, 0.25) is 0 Å². The van der Waals surface area contributed by atoms with Crippen LogP contribution in [0.4, 0.5) is 11.8 Å². The number of hydrogen-bond donors (Lipinski definition) is 2. The van der Waals surface area contributed by atoms with Crippen molar-refractivity contribution in [1.29, 1.82) is 0 Å². The van der Waals surface area contributed by atoms with Gasteiger partial charge in [0.1, 0.15) is 0 Å². The molecule has 0 fully saturated rings. The Labute approximate surface area is 156 Å². The van der Waals surface area contributed by atoms with Gasteiger partial charge in [-0.3, -0.25) is 0 Å². The molecule has 0 aliphatic heterocycles. The summed E-state index contributed by atoms with van der Waals surface area (Å²) in [6.07, 6.45) is 4.34. The summed E-state index contributed by atoms with van der Waals surface area (Å²) in [6, 6.07) is 10.3. The zero-order chi connectivity index (χ0) is 17.6. The third-order valence-electron chi connectivity index (χ3n) is 4.10. The van der Waals surface area contributed by atoms with Crippen LogP contribution in [-0.2, 0) is 13.0 Å². The Kier molecular flexibility index (Phi) is 5.86. The maximum atomic E-state index is 6.09. The van der Waals surface area contributed by atoms with Gasteiger partial charge in [-0.05, 0) is 34.3 Å². The van der Waals surface area contributed by atoms with Crippen molar-refractivity contribution < 1.29 is 0 Å². The zero-order valence-electron chi connectivity index (χ0n) is 14.4. The number of fused-ring (bicyclic) bond motifs is 1.